The number of hydrogen-bond acceptors (Lipinski definition) is 3. The predicted molar refractivity (Wildman–Crippen MR) is 64.4 cm³/mol. The molecule has 0 saturated heterocycles. The van der Waals surface area contributed by atoms with Gasteiger partial charge in [-0.3, -0.25) is 9.36 Å². The summed E-state index contributed by atoms with van der Waals surface area (Å²) in [5, 5.41) is 18.5. The van der Waals surface area contributed by atoms with Gasteiger partial charge in [-0.15, -0.1) is 0 Å². The van der Waals surface area contributed by atoms with Crippen LogP contribution in [0.25, 0.3) is 0 Å². The van der Waals surface area contributed by atoms with Gasteiger partial charge in [-0.1, -0.05) is 6.92 Å². The Labute approximate surface area is 101 Å². The SMILES string of the molecule is CCCn1cc(C(O)Cc2ccn(C)n2)cn1. The standard InChI is InChI=1S/C12H18N4O/c1-3-5-16-9-10(8-13-16)12(17)7-11-4-6-15(2)14-11/h4,6,8-9,12,17H,3,5,7H2,1-2H3. The van der Waals surface area contributed by atoms with Crippen LogP contribution in [0.4, 0.5) is 0 Å². The highest BCUT2D eigenvalue weighted by atomic mass is 16.3. The Hall–Kier alpha value is -1.62. The molecule has 5 nitrogen and oxygen atoms in total. The molecule has 0 aliphatic carbocycles. The molecular weight excluding hydrogens is 216 g/mol. The third-order valence-electron chi connectivity index (χ3n) is 2.66. The van der Waals surface area contributed by atoms with Crippen molar-refractivity contribution in [2.24, 2.45) is 7.05 Å². The van der Waals surface area contributed by atoms with Gasteiger partial charge in [0.15, 0.2) is 0 Å². The van der Waals surface area contributed by atoms with E-state index in [1.165, 1.54) is 0 Å². The Morgan fingerprint density at radius 1 is 1.47 bits per heavy atom. The molecule has 1 atom stereocenters. The van der Waals surface area contributed by atoms with E-state index in [0.29, 0.717) is 6.42 Å². The van der Waals surface area contributed by atoms with Crippen LogP contribution >= 0.6 is 0 Å². The van der Waals surface area contributed by atoms with Crippen molar-refractivity contribution in [2.45, 2.75) is 32.4 Å². The van der Waals surface area contributed by atoms with Crippen LogP contribution in [-0.2, 0) is 20.0 Å². The molecule has 2 rings (SSSR count). The average Bonchev–Trinajstić information content (AvgIpc) is 2.88. The zero-order valence-corrected chi connectivity index (χ0v) is 10.2. The number of aryl methyl sites for hydroxylation is 2. The molecule has 17 heavy (non-hydrogen) atoms. The Kier molecular flexibility index (Phi) is 3.58. The van der Waals surface area contributed by atoms with Gasteiger partial charge in [0.25, 0.3) is 0 Å². The zero-order valence-electron chi connectivity index (χ0n) is 10.2. The minimum Gasteiger partial charge on any atom is -0.388 e. The van der Waals surface area contributed by atoms with Crippen molar-refractivity contribution in [3.05, 3.63) is 35.9 Å². The molecule has 0 amide bonds. The second kappa shape index (κ2) is 5.14. The molecule has 0 aromatic carbocycles. The van der Waals surface area contributed by atoms with Crippen molar-refractivity contribution >= 4 is 0 Å². The fourth-order valence-electron chi connectivity index (χ4n) is 1.79. The lowest BCUT2D eigenvalue weighted by Crippen LogP contribution is -2.02. The molecule has 2 aromatic rings. The largest absolute Gasteiger partial charge is 0.388 e. The second-order valence-electron chi connectivity index (χ2n) is 4.24. The van der Waals surface area contributed by atoms with Crippen LogP contribution in [0.1, 0.15) is 30.7 Å². The van der Waals surface area contributed by atoms with Gasteiger partial charge in [0.1, 0.15) is 0 Å². The molecule has 0 aliphatic rings. The number of hydrogen-bond donors (Lipinski definition) is 1. The van der Waals surface area contributed by atoms with E-state index in [9.17, 15) is 5.11 Å². The second-order valence-corrected chi connectivity index (χ2v) is 4.24. The summed E-state index contributed by atoms with van der Waals surface area (Å²) in [7, 11) is 1.87. The first-order valence-corrected chi connectivity index (χ1v) is 5.88. The monoisotopic (exact) mass is 234 g/mol. The highest BCUT2D eigenvalue weighted by Crippen LogP contribution is 2.16. The highest BCUT2D eigenvalue weighted by Gasteiger charge is 2.12. The number of nitrogens with zero attached hydrogens (tertiary/aromatic N) is 4. The molecule has 0 radical (unpaired) electrons. The molecule has 1 N–H and O–H groups in total. The van der Waals surface area contributed by atoms with E-state index in [-0.39, 0.29) is 0 Å². The van der Waals surface area contributed by atoms with Crippen LogP contribution < -0.4 is 0 Å². The summed E-state index contributed by atoms with van der Waals surface area (Å²) in [6.45, 7) is 2.99. The number of aliphatic hydroxyl groups excluding tert-OH is 1. The van der Waals surface area contributed by atoms with E-state index in [1.54, 1.807) is 10.9 Å². The van der Waals surface area contributed by atoms with Crippen molar-refractivity contribution in [3.63, 3.8) is 0 Å². The molecule has 0 spiro atoms. The number of rotatable bonds is 5. The minimum atomic E-state index is -0.532. The van der Waals surface area contributed by atoms with Crippen molar-refractivity contribution in [1.29, 1.82) is 0 Å². The number of aromatic nitrogens is 4. The van der Waals surface area contributed by atoms with Gasteiger partial charge in [0, 0.05) is 38.0 Å². The number of aliphatic hydroxyl groups is 1. The molecule has 1 unspecified atom stereocenters. The first-order chi connectivity index (χ1) is 8.19. The fourth-order valence-corrected chi connectivity index (χ4v) is 1.79. The third-order valence-corrected chi connectivity index (χ3v) is 2.66. The summed E-state index contributed by atoms with van der Waals surface area (Å²) in [6.07, 6.45) is 6.54. The van der Waals surface area contributed by atoms with Gasteiger partial charge >= 0.3 is 0 Å². The quantitative estimate of drug-likeness (QED) is 0.848. The summed E-state index contributed by atoms with van der Waals surface area (Å²) in [5.41, 5.74) is 1.74. The van der Waals surface area contributed by atoms with E-state index in [0.717, 1.165) is 24.2 Å². The smallest absolute Gasteiger partial charge is 0.0876 e. The summed E-state index contributed by atoms with van der Waals surface area (Å²) >= 11 is 0. The third kappa shape index (κ3) is 2.94. The van der Waals surface area contributed by atoms with Gasteiger partial charge in [-0.05, 0) is 12.5 Å². The molecule has 2 heterocycles. The normalized spacial score (nSPS) is 12.9. The van der Waals surface area contributed by atoms with Gasteiger partial charge in [-0.2, -0.15) is 10.2 Å². The Morgan fingerprint density at radius 3 is 2.94 bits per heavy atom. The maximum absolute atomic E-state index is 10.1. The first-order valence-electron chi connectivity index (χ1n) is 5.88. The van der Waals surface area contributed by atoms with Crippen molar-refractivity contribution in [2.75, 3.05) is 0 Å². The molecule has 0 aliphatic heterocycles. The molecule has 0 bridgehead atoms. The summed E-state index contributed by atoms with van der Waals surface area (Å²) in [6, 6.07) is 1.92. The van der Waals surface area contributed by atoms with E-state index in [1.807, 2.05) is 30.2 Å². The van der Waals surface area contributed by atoms with Crippen LogP contribution in [0.5, 0.6) is 0 Å². The van der Waals surface area contributed by atoms with Crippen molar-refractivity contribution < 1.29 is 5.11 Å². The summed E-state index contributed by atoms with van der Waals surface area (Å²) < 4.78 is 3.60. The molecule has 92 valence electrons. The highest BCUT2D eigenvalue weighted by molar-refractivity contribution is 5.12. The summed E-state index contributed by atoms with van der Waals surface area (Å²) in [4.78, 5) is 0. The zero-order chi connectivity index (χ0) is 12.3. The van der Waals surface area contributed by atoms with E-state index >= 15 is 0 Å². The van der Waals surface area contributed by atoms with Gasteiger partial charge < -0.3 is 5.11 Å². The average molecular weight is 234 g/mol. The van der Waals surface area contributed by atoms with E-state index < -0.39 is 6.10 Å². The van der Waals surface area contributed by atoms with Crippen LogP contribution in [0.3, 0.4) is 0 Å². The van der Waals surface area contributed by atoms with Crippen LogP contribution in [0.15, 0.2) is 24.7 Å². The Balaban J connectivity index is 2.01. The molecule has 2 aromatic heterocycles. The minimum absolute atomic E-state index is 0.526. The van der Waals surface area contributed by atoms with E-state index in [4.69, 9.17) is 0 Å². The first kappa shape index (κ1) is 11.9. The Morgan fingerprint density at radius 2 is 2.29 bits per heavy atom. The predicted octanol–water partition coefficient (Wildman–Crippen LogP) is 1.30. The molecule has 0 fully saturated rings. The fraction of sp³-hybridized carbons (Fsp3) is 0.500. The molecule has 5 heteroatoms. The lowest BCUT2D eigenvalue weighted by molar-refractivity contribution is 0.177. The van der Waals surface area contributed by atoms with E-state index in [2.05, 4.69) is 17.1 Å². The topological polar surface area (TPSA) is 55.9 Å². The van der Waals surface area contributed by atoms with Crippen molar-refractivity contribution in [3.8, 4) is 0 Å². The van der Waals surface area contributed by atoms with Gasteiger partial charge in [0.05, 0.1) is 18.0 Å². The van der Waals surface area contributed by atoms with Crippen LogP contribution in [0, 0.1) is 0 Å². The lowest BCUT2D eigenvalue weighted by Gasteiger charge is -2.05. The van der Waals surface area contributed by atoms with Gasteiger partial charge in [0.2, 0.25) is 0 Å². The Bertz CT molecular complexity index is 474. The maximum Gasteiger partial charge on any atom is 0.0876 e. The van der Waals surface area contributed by atoms with Gasteiger partial charge in [-0.25, -0.2) is 0 Å². The van der Waals surface area contributed by atoms with Crippen LogP contribution in [-0.4, -0.2) is 24.7 Å². The maximum atomic E-state index is 10.1. The molecule has 0 saturated carbocycles. The summed E-state index contributed by atoms with van der Waals surface area (Å²) in [5.74, 6) is 0. The molecular formula is C12H18N4O. The van der Waals surface area contributed by atoms with Crippen LogP contribution in [0.2, 0.25) is 0 Å². The lowest BCUT2D eigenvalue weighted by atomic mass is 10.1. The van der Waals surface area contributed by atoms with Crippen molar-refractivity contribution in [1.82, 2.24) is 19.6 Å².